The van der Waals surface area contributed by atoms with Crippen molar-refractivity contribution in [1.82, 2.24) is 0 Å². The summed E-state index contributed by atoms with van der Waals surface area (Å²) in [6, 6.07) is 40.9. The lowest BCUT2D eigenvalue weighted by molar-refractivity contribution is 1.56. The molecule has 0 radical (unpaired) electrons. The summed E-state index contributed by atoms with van der Waals surface area (Å²) in [5, 5.41) is 0. The first-order chi connectivity index (χ1) is 15.8. The molecule has 0 aliphatic carbocycles. The molecule has 1 nitrogen and oxygen atoms in total. The third-order valence-electron chi connectivity index (χ3n) is 5.63. The normalized spacial score (nSPS) is 10.6. The molecule has 152 valence electrons. The Bertz CT molecular complexity index is 1190. The average molecular weight is 411 g/mol. The second kappa shape index (κ2) is 8.87. The minimum absolute atomic E-state index is 0.110. The minimum Gasteiger partial charge on any atom is -0.289 e. The van der Waals surface area contributed by atoms with Crippen LogP contribution < -0.4 is 5.43 Å². The third kappa shape index (κ3) is 4.14. The van der Waals surface area contributed by atoms with E-state index in [1.54, 1.807) is 0 Å². The van der Waals surface area contributed by atoms with Gasteiger partial charge in [-0.05, 0) is 45.6 Å². The second-order valence-electron chi connectivity index (χ2n) is 7.74. The SMILES string of the molecule is O=c1c(C=C(c2ccccc2)c2ccccc2)c1C=C(c1ccccc1)c1ccccc1. The Balaban J connectivity index is 1.60. The van der Waals surface area contributed by atoms with E-state index in [9.17, 15) is 4.79 Å². The lowest BCUT2D eigenvalue weighted by Crippen LogP contribution is -1.87. The Kier molecular flexibility index (Phi) is 5.47. The van der Waals surface area contributed by atoms with Crippen LogP contribution in [-0.2, 0) is 0 Å². The highest BCUT2D eigenvalue weighted by Gasteiger charge is 2.21. The Morgan fingerprint density at radius 2 is 0.656 bits per heavy atom. The molecule has 1 heteroatoms. The molecule has 0 unspecified atom stereocenters. The van der Waals surface area contributed by atoms with E-state index in [1.165, 1.54) is 0 Å². The van der Waals surface area contributed by atoms with Crippen molar-refractivity contribution in [2.75, 3.05) is 0 Å². The van der Waals surface area contributed by atoms with Gasteiger partial charge in [-0.2, -0.15) is 0 Å². The quantitative estimate of drug-likeness (QED) is 0.292. The van der Waals surface area contributed by atoms with Gasteiger partial charge in [0.2, 0.25) is 0 Å². The second-order valence-corrected chi connectivity index (χ2v) is 7.74. The van der Waals surface area contributed by atoms with E-state index in [0.717, 1.165) is 44.5 Å². The fourth-order valence-corrected chi connectivity index (χ4v) is 3.91. The smallest absolute Gasteiger partial charge is 0.194 e. The molecule has 0 bridgehead atoms. The lowest BCUT2D eigenvalue weighted by atomic mass is 9.96. The van der Waals surface area contributed by atoms with E-state index in [-0.39, 0.29) is 5.43 Å². The van der Waals surface area contributed by atoms with Gasteiger partial charge in [0.1, 0.15) is 0 Å². The predicted molar refractivity (Wildman–Crippen MR) is 135 cm³/mol. The van der Waals surface area contributed by atoms with Crippen molar-refractivity contribution >= 4 is 23.3 Å². The van der Waals surface area contributed by atoms with Crippen LogP contribution in [0.15, 0.2) is 126 Å². The zero-order valence-corrected chi connectivity index (χ0v) is 17.6. The summed E-state index contributed by atoms with van der Waals surface area (Å²) in [6.07, 6.45) is 4.07. The maximum Gasteiger partial charge on any atom is 0.194 e. The minimum atomic E-state index is 0.110. The van der Waals surface area contributed by atoms with Crippen LogP contribution in [0.2, 0.25) is 0 Å². The molecule has 0 spiro atoms. The van der Waals surface area contributed by atoms with Crippen molar-refractivity contribution in [2.45, 2.75) is 0 Å². The van der Waals surface area contributed by atoms with Gasteiger partial charge in [-0.15, -0.1) is 0 Å². The molecule has 0 aromatic heterocycles. The van der Waals surface area contributed by atoms with Gasteiger partial charge in [-0.3, -0.25) is 4.79 Å². The van der Waals surface area contributed by atoms with Gasteiger partial charge in [-0.25, -0.2) is 0 Å². The summed E-state index contributed by atoms with van der Waals surface area (Å²) in [5.74, 6) is 0. The summed E-state index contributed by atoms with van der Waals surface area (Å²) in [6.45, 7) is 0. The van der Waals surface area contributed by atoms with Gasteiger partial charge >= 0.3 is 0 Å². The van der Waals surface area contributed by atoms with Crippen molar-refractivity contribution in [2.24, 2.45) is 0 Å². The summed E-state index contributed by atoms with van der Waals surface area (Å²) >= 11 is 0. The number of hydrogen-bond donors (Lipinski definition) is 0. The molecule has 32 heavy (non-hydrogen) atoms. The van der Waals surface area contributed by atoms with Gasteiger partial charge in [-0.1, -0.05) is 121 Å². The van der Waals surface area contributed by atoms with Crippen molar-refractivity contribution in [3.05, 3.63) is 165 Å². The van der Waals surface area contributed by atoms with Crippen LogP contribution in [0.3, 0.4) is 0 Å². The molecule has 0 aliphatic rings. The standard InChI is InChI=1S/C31H22O/c32-31-29(21-27(23-13-5-1-6-14-23)24-15-7-2-8-16-24)30(31)22-28(25-17-9-3-10-18-25)26-19-11-4-12-20-26/h1-22H. The van der Waals surface area contributed by atoms with Gasteiger partial charge in [0.05, 0.1) is 0 Å². The van der Waals surface area contributed by atoms with E-state index in [2.05, 4.69) is 48.5 Å². The van der Waals surface area contributed by atoms with E-state index < -0.39 is 0 Å². The van der Waals surface area contributed by atoms with Crippen molar-refractivity contribution in [3.8, 4) is 0 Å². The highest BCUT2D eigenvalue weighted by atomic mass is 16.1. The molecule has 0 atom stereocenters. The molecular weight excluding hydrogens is 388 g/mol. The number of hydrogen-bond acceptors (Lipinski definition) is 1. The van der Waals surface area contributed by atoms with Gasteiger partial charge < -0.3 is 0 Å². The van der Waals surface area contributed by atoms with E-state index in [4.69, 9.17) is 0 Å². The van der Waals surface area contributed by atoms with E-state index in [1.807, 2.05) is 84.9 Å². The van der Waals surface area contributed by atoms with Crippen molar-refractivity contribution in [1.29, 1.82) is 0 Å². The van der Waals surface area contributed by atoms with Crippen LogP contribution in [0.25, 0.3) is 23.3 Å². The molecule has 5 aromatic rings. The van der Waals surface area contributed by atoms with E-state index in [0.29, 0.717) is 0 Å². The first kappa shape index (κ1) is 19.7. The van der Waals surface area contributed by atoms with Gasteiger partial charge in [0, 0.05) is 11.1 Å². The van der Waals surface area contributed by atoms with Gasteiger partial charge in [0.15, 0.2) is 5.43 Å². The maximum atomic E-state index is 12.9. The zero-order chi connectivity index (χ0) is 21.8. The van der Waals surface area contributed by atoms with Crippen LogP contribution in [0.4, 0.5) is 0 Å². The highest BCUT2D eigenvalue weighted by Crippen LogP contribution is 2.31. The predicted octanol–water partition coefficient (Wildman–Crippen LogP) is 7.10. The average Bonchev–Trinajstić information content (AvgIpc) is 3.49. The van der Waals surface area contributed by atoms with Crippen LogP contribution in [0.1, 0.15) is 33.4 Å². The Hall–Kier alpha value is -4.23. The van der Waals surface area contributed by atoms with Crippen LogP contribution >= 0.6 is 0 Å². The summed E-state index contributed by atoms with van der Waals surface area (Å²) in [4.78, 5) is 12.9. The molecule has 0 fully saturated rings. The lowest BCUT2D eigenvalue weighted by Gasteiger charge is -2.08. The fraction of sp³-hybridized carbons (Fsp3) is 0. The maximum absolute atomic E-state index is 12.9. The van der Waals surface area contributed by atoms with Crippen molar-refractivity contribution in [3.63, 3.8) is 0 Å². The molecule has 0 saturated heterocycles. The first-order valence-electron chi connectivity index (χ1n) is 10.8. The van der Waals surface area contributed by atoms with Crippen LogP contribution in [-0.4, -0.2) is 0 Å². The first-order valence-corrected chi connectivity index (χ1v) is 10.8. The van der Waals surface area contributed by atoms with E-state index >= 15 is 0 Å². The highest BCUT2D eigenvalue weighted by molar-refractivity contribution is 5.99. The third-order valence-corrected chi connectivity index (χ3v) is 5.63. The molecule has 0 aliphatic heterocycles. The molecule has 5 rings (SSSR count). The van der Waals surface area contributed by atoms with Crippen LogP contribution in [0.5, 0.6) is 0 Å². The Labute approximate surface area is 188 Å². The summed E-state index contributed by atoms with van der Waals surface area (Å²) < 4.78 is 0. The molecule has 0 amide bonds. The van der Waals surface area contributed by atoms with Crippen molar-refractivity contribution < 1.29 is 0 Å². The summed E-state index contributed by atoms with van der Waals surface area (Å²) in [7, 11) is 0. The summed E-state index contributed by atoms with van der Waals surface area (Å²) in [5.41, 5.74) is 8.16. The Morgan fingerprint density at radius 3 is 0.906 bits per heavy atom. The number of benzene rings is 4. The molecule has 0 heterocycles. The number of rotatable bonds is 6. The topological polar surface area (TPSA) is 17.1 Å². The largest absolute Gasteiger partial charge is 0.289 e. The Morgan fingerprint density at radius 1 is 0.406 bits per heavy atom. The zero-order valence-electron chi connectivity index (χ0n) is 17.6. The van der Waals surface area contributed by atoms with Crippen LogP contribution in [0, 0.1) is 0 Å². The molecule has 0 saturated carbocycles. The molecule has 0 N–H and O–H groups in total. The molecule has 5 aromatic carbocycles. The van der Waals surface area contributed by atoms with Gasteiger partial charge in [0.25, 0.3) is 0 Å². The fourth-order valence-electron chi connectivity index (χ4n) is 3.91. The monoisotopic (exact) mass is 410 g/mol. The molecular formula is C31H22O.